The van der Waals surface area contributed by atoms with E-state index in [-0.39, 0.29) is 22.7 Å². The molecule has 2 aromatic rings. The standard InChI is InChI=1S/C15H17ClN4O3S2/c1-2-25(22,23)20-9-3-4-12(20)14-18-19-15(24-14)13(21)17-11-7-5-10(16)6-8-11/h5-8,12H,2-4,9H2,1H3,(H,17,21). The van der Waals surface area contributed by atoms with Crippen molar-refractivity contribution in [3.8, 4) is 0 Å². The third kappa shape index (κ3) is 4.00. The monoisotopic (exact) mass is 400 g/mol. The number of benzene rings is 1. The summed E-state index contributed by atoms with van der Waals surface area (Å²) in [5.74, 6) is -0.333. The summed E-state index contributed by atoms with van der Waals surface area (Å²) >= 11 is 6.94. The summed E-state index contributed by atoms with van der Waals surface area (Å²) in [4.78, 5) is 12.3. The lowest BCUT2D eigenvalue weighted by molar-refractivity contribution is 0.102. The van der Waals surface area contributed by atoms with E-state index >= 15 is 0 Å². The predicted molar refractivity (Wildman–Crippen MR) is 97.5 cm³/mol. The lowest BCUT2D eigenvalue weighted by Crippen LogP contribution is -2.31. The van der Waals surface area contributed by atoms with Gasteiger partial charge < -0.3 is 5.32 Å². The van der Waals surface area contributed by atoms with Gasteiger partial charge in [-0.15, -0.1) is 10.2 Å². The third-order valence-electron chi connectivity index (χ3n) is 3.95. The molecule has 1 saturated heterocycles. The molecule has 0 saturated carbocycles. The number of hydrogen-bond donors (Lipinski definition) is 1. The van der Waals surface area contributed by atoms with Crippen LogP contribution in [0.4, 0.5) is 5.69 Å². The van der Waals surface area contributed by atoms with Crippen LogP contribution in [0.25, 0.3) is 0 Å². The topological polar surface area (TPSA) is 92.3 Å². The third-order valence-corrected chi connectivity index (χ3v) is 7.10. The summed E-state index contributed by atoms with van der Waals surface area (Å²) in [5, 5.41) is 12.0. The van der Waals surface area contributed by atoms with Gasteiger partial charge in [-0.05, 0) is 44.0 Å². The Morgan fingerprint density at radius 3 is 2.76 bits per heavy atom. The molecule has 1 unspecified atom stereocenters. The van der Waals surface area contributed by atoms with Gasteiger partial charge in [-0.3, -0.25) is 4.79 Å². The Morgan fingerprint density at radius 1 is 1.36 bits per heavy atom. The fourth-order valence-electron chi connectivity index (χ4n) is 2.66. The summed E-state index contributed by atoms with van der Waals surface area (Å²) < 4.78 is 25.8. The molecule has 1 aliphatic rings. The summed E-state index contributed by atoms with van der Waals surface area (Å²) in [6, 6.07) is 6.40. The molecule has 7 nitrogen and oxygen atoms in total. The van der Waals surface area contributed by atoms with E-state index in [1.54, 1.807) is 31.2 Å². The van der Waals surface area contributed by atoms with E-state index in [4.69, 9.17) is 11.6 Å². The second-order valence-corrected chi connectivity index (χ2v) is 9.23. The Hall–Kier alpha value is -1.55. The van der Waals surface area contributed by atoms with Crippen LogP contribution >= 0.6 is 22.9 Å². The number of nitrogens with one attached hydrogen (secondary N) is 1. The van der Waals surface area contributed by atoms with Crippen LogP contribution in [0.1, 0.15) is 40.6 Å². The number of hydrogen-bond acceptors (Lipinski definition) is 6. The van der Waals surface area contributed by atoms with Crippen LogP contribution in [0, 0.1) is 0 Å². The van der Waals surface area contributed by atoms with Crippen molar-refractivity contribution in [3.05, 3.63) is 39.3 Å². The number of anilines is 1. The molecular weight excluding hydrogens is 384 g/mol. The summed E-state index contributed by atoms with van der Waals surface area (Å²) in [5.41, 5.74) is 0.599. The molecule has 1 amide bonds. The minimum absolute atomic E-state index is 0.0478. The van der Waals surface area contributed by atoms with Crippen molar-refractivity contribution in [2.75, 3.05) is 17.6 Å². The van der Waals surface area contributed by atoms with Crippen molar-refractivity contribution in [2.45, 2.75) is 25.8 Å². The average molecular weight is 401 g/mol. The second kappa shape index (κ2) is 7.36. The van der Waals surface area contributed by atoms with Crippen LogP contribution in [0.15, 0.2) is 24.3 Å². The van der Waals surface area contributed by atoms with Gasteiger partial charge in [-0.25, -0.2) is 8.42 Å². The number of aromatic nitrogens is 2. The van der Waals surface area contributed by atoms with Gasteiger partial charge in [-0.1, -0.05) is 22.9 Å². The van der Waals surface area contributed by atoms with E-state index in [9.17, 15) is 13.2 Å². The molecule has 1 atom stereocenters. The summed E-state index contributed by atoms with van der Waals surface area (Å²) in [6.07, 6.45) is 1.46. The van der Waals surface area contributed by atoms with E-state index in [1.807, 2.05) is 0 Å². The molecule has 1 fully saturated rings. The molecule has 2 heterocycles. The molecule has 3 rings (SSSR count). The van der Waals surface area contributed by atoms with Crippen molar-refractivity contribution < 1.29 is 13.2 Å². The molecule has 134 valence electrons. The normalized spacial score (nSPS) is 18.4. The summed E-state index contributed by atoms with van der Waals surface area (Å²) in [7, 11) is -3.30. The lowest BCUT2D eigenvalue weighted by atomic mass is 10.2. The van der Waals surface area contributed by atoms with Crippen LogP contribution in [0.5, 0.6) is 0 Å². The molecule has 1 aromatic carbocycles. The molecule has 0 aliphatic carbocycles. The smallest absolute Gasteiger partial charge is 0.286 e. The van der Waals surface area contributed by atoms with Crippen LogP contribution in [-0.4, -0.2) is 41.1 Å². The highest BCUT2D eigenvalue weighted by molar-refractivity contribution is 7.89. The SMILES string of the molecule is CCS(=O)(=O)N1CCCC1c1nnc(C(=O)Nc2ccc(Cl)cc2)s1. The van der Waals surface area contributed by atoms with Crippen molar-refractivity contribution in [3.63, 3.8) is 0 Å². The Morgan fingerprint density at radius 2 is 2.08 bits per heavy atom. The molecule has 10 heteroatoms. The highest BCUT2D eigenvalue weighted by Crippen LogP contribution is 2.35. The van der Waals surface area contributed by atoms with E-state index in [2.05, 4.69) is 15.5 Å². The van der Waals surface area contributed by atoms with Crippen molar-refractivity contribution in [1.82, 2.24) is 14.5 Å². The Bertz CT molecular complexity index is 867. The van der Waals surface area contributed by atoms with Gasteiger partial charge in [0.05, 0.1) is 11.8 Å². The first-order valence-electron chi connectivity index (χ1n) is 7.80. The molecule has 0 spiro atoms. The maximum Gasteiger partial charge on any atom is 0.286 e. The minimum atomic E-state index is -3.30. The van der Waals surface area contributed by atoms with E-state index < -0.39 is 10.0 Å². The van der Waals surface area contributed by atoms with Gasteiger partial charge in [-0.2, -0.15) is 4.31 Å². The van der Waals surface area contributed by atoms with Crippen LogP contribution in [-0.2, 0) is 10.0 Å². The maximum atomic E-state index is 12.3. The first-order chi connectivity index (χ1) is 11.9. The number of halogens is 1. The number of sulfonamides is 1. The molecular formula is C15H17ClN4O3S2. The Labute approximate surface area is 155 Å². The lowest BCUT2D eigenvalue weighted by Gasteiger charge is -2.21. The van der Waals surface area contributed by atoms with Crippen LogP contribution in [0.3, 0.4) is 0 Å². The number of carbonyl (C=O) groups excluding carboxylic acids is 1. The quantitative estimate of drug-likeness (QED) is 0.832. The van der Waals surface area contributed by atoms with Crippen molar-refractivity contribution in [1.29, 1.82) is 0 Å². The van der Waals surface area contributed by atoms with Gasteiger partial charge in [0.25, 0.3) is 5.91 Å². The Balaban J connectivity index is 1.75. The number of rotatable bonds is 5. The van der Waals surface area contributed by atoms with Crippen molar-refractivity contribution in [2.24, 2.45) is 0 Å². The largest absolute Gasteiger partial charge is 0.320 e. The zero-order valence-electron chi connectivity index (χ0n) is 13.5. The maximum absolute atomic E-state index is 12.3. The first kappa shape index (κ1) is 18.2. The minimum Gasteiger partial charge on any atom is -0.320 e. The van der Waals surface area contributed by atoms with Gasteiger partial charge in [0.2, 0.25) is 15.0 Å². The molecule has 1 N–H and O–H groups in total. The Kier molecular flexibility index (Phi) is 5.38. The summed E-state index contributed by atoms with van der Waals surface area (Å²) in [6.45, 7) is 2.10. The van der Waals surface area contributed by atoms with Gasteiger partial charge in [0, 0.05) is 17.3 Å². The zero-order valence-corrected chi connectivity index (χ0v) is 15.9. The average Bonchev–Trinajstić information content (AvgIpc) is 3.26. The molecule has 25 heavy (non-hydrogen) atoms. The number of amides is 1. The highest BCUT2D eigenvalue weighted by atomic mass is 35.5. The van der Waals surface area contributed by atoms with E-state index in [0.29, 0.717) is 28.7 Å². The van der Waals surface area contributed by atoms with Crippen LogP contribution < -0.4 is 5.32 Å². The fourth-order valence-corrected chi connectivity index (χ4v) is 5.08. The highest BCUT2D eigenvalue weighted by Gasteiger charge is 2.36. The fraction of sp³-hybridized carbons (Fsp3) is 0.400. The number of carbonyl (C=O) groups is 1. The van der Waals surface area contributed by atoms with Crippen molar-refractivity contribution >= 4 is 44.6 Å². The van der Waals surface area contributed by atoms with Gasteiger partial charge in [0.1, 0.15) is 5.01 Å². The molecule has 1 aromatic heterocycles. The van der Waals surface area contributed by atoms with E-state index in [0.717, 1.165) is 17.8 Å². The van der Waals surface area contributed by atoms with E-state index in [1.165, 1.54) is 4.31 Å². The molecule has 0 radical (unpaired) electrons. The molecule has 1 aliphatic heterocycles. The molecule has 0 bridgehead atoms. The predicted octanol–water partition coefficient (Wildman–Crippen LogP) is 2.93. The first-order valence-corrected chi connectivity index (χ1v) is 10.6. The van der Waals surface area contributed by atoms with Gasteiger partial charge >= 0.3 is 0 Å². The number of nitrogens with zero attached hydrogens (tertiary/aromatic N) is 3. The second-order valence-electron chi connectivity index (χ2n) is 5.58. The van der Waals surface area contributed by atoms with Crippen LogP contribution in [0.2, 0.25) is 5.02 Å². The van der Waals surface area contributed by atoms with Gasteiger partial charge in [0.15, 0.2) is 0 Å². The zero-order chi connectivity index (χ0) is 18.0.